The number of oxazole rings is 1. The van der Waals surface area contributed by atoms with Crippen molar-refractivity contribution >= 4 is 21.8 Å². The monoisotopic (exact) mass is 522 g/mol. The van der Waals surface area contributed by atoms with Gasteiger partial charge in [-0.05, 0) is 41.7 Å². The molecule has 4 N–H and O–H groups in total. The van der Waals surface area contributed by atoms with Gasteiger partial charge in [-0.25, -0.2) is 22.2 Å². The van der Waals surface area contributed by atoms with Gasteiger partial charge in [0.05, 0.1) is 24.6 Å². The fraction of sp³-hybridized carbons (Fsp3) is 0.333. The lowest BCUT2D eigenvalue weighted by Crippen LogP contribution is -2.48. The van der Waals surface area contributed by atoms with Crippen molar-refractivity contribution in [2.24, 2.45) is 0 Å². The van der Waals surface area contributed by atoms with Crippen molar-refractivity contribution in [3.8, 4) is 0 Å². The third-order valence-corrected chi connectivity index (χ3v) is 5.80. The molecule has 2 atom stereocenters. The van der Waals surface area contributed by atoms with E-state index >= 15 is 0 Å². The van der Waals surface area contributed by atoms with Crippen LogP contribution in [0.5, 0.6) is 0 Å². The van der Waals surface area contributed by atoms with Crippen LogP contribution in [-0.4, -0.2) is 49.4 Å². The van der Waals surface area contributed by atoms with Gasteiger partial charge in [0.15, 0.2) is 0 Å². The minimum Gasteiger partial charge on any atom is -0.415 e. The van der Waals surface area contributed by atoms with Crippen molar-refractivity contribution in [1.29, 1.82) is 0 Å². The van der Waals surface area contributed by atoms with Gasteiger partial charge < -0.3 is 20.2 Å². The summed E-state index contributed by atoms with van der Waals surface area (Å²) in [6.07, 6.45) is 1.57. The number of carbonyl (C=O) groups is 1. The molecule has 9 nitrogen and oxygen atoms in total. The Bertz CT molecular complexity index is 1280. The second-order valence-electron chi connectivity index (χ2n) is 8.34. The maximum atomic E-state index is 13.7. The standard InChI is InChI=1S/C24H28F2N4O5S/c1-3-15-5-4-6-16(7-15)12-27-13-21(31)20(10-17-8-18(25)11-19(26)9-17)29-23(32)24-28-14-22(35-24)30-36(2,33)34/h4-9,11,14,20-21,27,30-31H,3,10,12-13H2,1-2H3,(H,29,32)/t20-,21-/m0/s1. The molecule has 0 spiro atoms. The van der Waals surface area contributed by atoms with Gasteiger partial charge >= 0.3 is 5.91 Å². The van der Waals surface area contributed by atoms with E-state index in [1.165, 1.54) is 5.56 Å². The molecule has 0 saturated carbocycles. The maximum absolute atomic E-state index is 13.7. The molecule has 1 amide bonds. The summed E-state index contributed by atoms with van der Waals surface area (Å²) in [6, 6.07) is 9.90. The molecule has 3 aromatic rings. The Kier molecular flexibility index (Phi) is 9.13. The second kappa shape index (κ2) is 12.1. The summed E-state index contributed by atoms with van der Waals surface area (Å²) < 4.78 is 57.3. The minimum atomic E-state index is -3.65. The van der Waals surface area contributed by atoms with E-state index in [2.05, 4.69) is 20.3 Å². The summed E-state index contributed by atoms with van der Waals surface area (Å²) >= 11 is 0. The Morgan fingerprint density at radius 1 is 1.11 bits per heavy atom. The first-order chi connectivity index (χ1) is 17.0. The Labute approximate surface area is 208 Å². The van der Waals surface area contributed by atoms with Crippen LogP contribution in [0.15, 0.2) is 53.1 Å². The third-order valence-electron chi connectivity index (χ3n) is 5.23. The largest absolute Gasteiger partial charge is 0.415 e. The number of aryl methyl sites for hydroxylation is 1. The van der Waals surface area contributed by atoms with E-state index in [4.69, 9.17) is 4.42 Å². The lowest BCUT2D eigenvalue weighted by atomic mass is 10.0. The van der Waals surface area contributed by atoms with Gasteiger partial charge in [0.1, 0.15) is 11.6 Å². The highest BCUT2D eigenvalue weighted by molar-refractivity contribution is 7.92. The van der Waals surface area contributed by atoms with Crippen molar-refractivity contribution < 1.29 is 31.5 Å². The van der Waals surface area contributed by atoms with E-state index < -0.39 is 45.6 Å². The van der Waals surface area contributed by atoms with Gasteiger partial charge in [-0.1, -0.05) is 31.2 Å². The number of hydrogen-bond donors (Lipinski definition) is 4. The average molecular weight is 523 g/mol. The summed E-state index contributed by atoms with van der Waals surface area (Å²) in [5.74, 6) is -3.13. The average Bonchev–Trinajstić information content (AvgIpc) is 3.25. The van der Waals surface area contributed by atoms with E-state index in [9.17, 15) is 27.1 Å². The molecule has 12 heteroatoms. The molecule has 0 fully saturated rings. The zero-order valence-corrected chi connectivity index (χ0v) is 20.6. The third kappa shape index (κ3) is 8.40. The molecule has 2 aromatic carbocycles. The first-order valence-electron chi connectivity index (χ1n) is 11.2. The van der Waals surface area contributed by atoms with Crippen LogP contribution in [0.4, 0.5) is 14.7 Å². The number of aliphatic hydroxyl groups is 1. The van der Waals surface area contributed by atoms with E-state index in [1.807, 2.05) is 31.2 Å². The van der Waals surface area contributed by atoms with Gasteiger partial charge in [0.25, 0.3) is 5.89 Å². The number of halogens is 2. The maximum Gasteiger partial charge on any atom is 0.307 e. The number of amides is 1. The molecule has 1 aromatic heterocycles. The van der Waals surface area contributed by atoms with Crippen LogP contribution in [0.2, 0.25) is 0 Å². The number of hydrogen-bond acceptors (Lipinski definition) is 7. The molecule has 0 radical (unpaired) electrons. The van der Waals surface area contributed by atoms with Crippen molar-refractivity contribution in [2.75, 3.05) is 17.5 Å². The predicted molar refractivity (Wildman–Crippen MR) is 130 cm³/mol. The molecule has 0 unspecified atom stereocenters. The van der Waals surface area contributed by atoms with E-state index in [0.29, 0.717) is 6.54 Å². The van der Waals surface area contributed by atoms with Gasteiger partial charge in [-0.15, -0.1) is 0 Å². The lowest BCUT2D eigenvalue weighted by Gasteiger charge is -2.24. The number of anilines is 1. The van der Waals surface area contributed by atoms with Gasteiger partial charge in [-0.2, -0.15) is 0 Å². The molecule has 1 heterocycles. The van der Waals surface area contributed by atoms with Crippen LogP contribution in [0.1, 0.15) is 34.3 Å². The van der Waals surface area contributed by atoms with Crippen LogP contribution < -0.4 is 15.4 Å². The SMILES string of the molecule is CCc1cccc(CNC[C@H](O)[C@H](Cc2cc(F)cc(F)c2)NC(=O)c2ncc(NS(C)(=O)=O)o2)c1. The van der Waals surface area contributed by atoms with E-state index in [0.717, 1.165) is 42.6 Å². The Morgan fingerprint density at radius 3 is 2.47 bits per heavy atom. The molecular formula is C24H28F2N4O5S. The summed E-state index contributed by atoms with van der Waals surface area (Å²) in [5, 5.41) is 16.5. The van der Waals surface area contributed by atoms with Crippen LogP contribution in [0.3, 0.4) is 0 Å². The molecule has 0 aliphatic carbocycles. The van der Waals surface area contributed by atoms with Crippen LogP contribution >= 0.6 is 0 Å². The molecule has 36 heavy (non-hydrogen) atoms. The highest BCUT2D eigenvalue weighted by atomic mass is 32.2. The Hall–Kier alpha value is -3.35. The normalized spacial score (nSPS) is 13.2. The minimum absolute atomic E-state index is 0.0611. The molecular weight excluding hydrogens is 494 g/mol. The smallest absolute Gasteiger partial charge is 0.307 e. The Morgan fingerprint density at radius 2 is 1.81 bits per heavy atom. The molecule has 3 rings (SSSR count). The van der Waals surface area contributed by atoms with Gasteiger partial charge in [0.2, 0.25) is 15.9 Å². The van der Waals surface area contributed by atoms with Gasteiger partial charge in [0, 0.05) is 19.2 Å². The summed E-state index contributed by atoms with van der Waals surface area (Å²) in [6.45, 7) is 2.57. The highest BCUT2D eigenvalue weighted by Crippen LogP contribution is 2.15. The second-order valence-corrected chi connectivity index (χ2v) is 10.1. The van der Waals surface area contributed by atoms with Crippen molar-refractivity contribution in [3.63, 3.8) is 0 Å². The van der Waals surface area contributed by atoms with Crippen molar-refractivity contribution in [1.82, 2.24) is 15.6 Å². The Balaban J connectivity index is 1.71. The summed E-state index contributed by atoms with van der Waals surface area (Å²) in [4.78, 5) is 16.4. The number of carbonyl (C=O) groups excluding carboxylic acids is 1. The topological polar surface area (TPSA) is 134 Å². The zero-order chi connectivity index (χ0) is 26.3. The first kappa shape index (κ1) is 27.2. The fourth-order valence-corrected chi connectivity index (χ4v) is 4.03. The molecule has 0 bridgehead atoms. The quantitative estimate of drug-likeness (QED) is 0.287. The number of aliphatic hydroxyl groups excluding tert-OH is 1. The van der Waals surface area contributed by atoms with Crippen LogP contribution in [0.25, 0.3) is 0 Å². The molecule has 0 saturated heterocycles. The lowest BCUT2D eigenvalue weighted by molar-refractivity contribution is 0.0799. The number of nitrogens with zero attached hydrogens (tertiary/aromatic N) is 1. The molecule has 0 aliphatic rings. The summed E-state index contributed by atoms with van der Waals surface area (Å²) in [5.41, 5.74) is 2.41. The number of rotatable bonds is 12. The number of nitrogens with one attached hydrogen (secondary N) is 3. The first-order valence-corrected chi connectivity index (χ1v) is 13.1. The highest BCUT2D eigenvalue weighted by Gasteiger charge is 2.25. The number of sulfonamides is 1. The predicted octanol–water partition coefficient (Wildman–Crippen LogP) is 2.38. The van der Waals surface area contributed by atoms with E-state index in [-0.39, 0.29) is 24.4 Å². The summed E-state index contributed by atoms with van der Waals surface area (Å²) in [7, 11) is -3.65. The van der Waals surface area contributed by atoms with Crippen LogP contribution in [0, 0.1) is 11.6 Å². The molecule has 0 aliphatic heterocycles. The zero-order valence-electron chi connectivity index (χ0n) is 19.8. The number of benzene rings is 2. The molecule has 194 valence electrons. The van der Waals surface area contributed by atoms with Crippen molar-refractivity contribution in [2.45, 2.75) is 38.5 Å². The fourth-order valence-electron chi connectivity index (χ4n) is 3.57. The van der Waals surface area contributed by atoms with Crippen molar-refractivity contribution in [3.05, 3.63) is 82.9 Å². The van der Waals surface area contributed by atoms with E-state index in [1.54, 1.807) is 0 Å². The van der Waals surface area contributed by atoms with Crippen LogP contribution in [-0.2, 0) is 29.4 Å². The van der Waals surface area contributed by atoms with Gasteiger partial charge in [-0.3, -0.25) is 9.52 Å². The number of aromatic nitrogens is 1.